The van der Waals surface area contributed by atoms with Crippen LogP contribution in [0.5, 0.6) is 0 Å². The number of hydrogen-bond donors (Lipinski definition) is 1. The summed E-state index contributed by atoms with van der Waals surface area (Å²) in [5.74, 6) is 0.146. The third-order valence-electron chi connectivity index (χ3n) is 3.46. The molecule has 0 amide bonds. The Balaban J connectivity index is 2.87. The number of nitrogens with two attached hydrogens (primary N) is 1. The van der Waals surface area contributed by atoms with E-state index in [2.05, 4.69) is 32.0 Å². The van der Waals surface area contributed by atoms with E-state index in [0.29, 0.717) is 19.3 Å². The van der Waals surface area contributed by atoms with Gasteiger partial charge in [0.15, 0.2) is 5.78 Å². The Morgan fingerprint density at radius 1 is 1.12 bits per heavy atom. The summed E-state index contributed by atoms with van der Waals surface area (Å²) in [6, 6.07) is 6.25. The average Bonchev–Trinajstić information content (AvgIpc) is 2.26. The quantitative estimate of drug-likeness (QED) is 0.849. The molecule has 1 aromatic rings. The van der Waals surface area contributed by atoms with Crippen molar-refractivity contribution in [3.05, 3.63) is 34.9 Å². The van der Waals surface area contributed by atoms with Crippen LogP contribution in [0.2, 0.25) is 0 Å². The monoisotopic (exact) mass is 233 g/mol. The molecular formula is C15H23NO. The van der Waals surface area contributed by atoms with E-state index >= 15 is 0 Å². The van der Waals surface area contributed by atoms with Crippen molar-refractivity contribution >= 4 is 5.78 Å². The lowest BCUT2D eigenvalue weighted by molar-refractivity contribution is -0.123. The van der Waals surface area contributed by atoms with Gasteiger partial charge in [-0.1, -0.05) is 43.2 Å². The normalized spacial score (nSPS) is 11.6. The molecule has 94 valence electrons. The van der Waals surface area contributed by atoms with Gasteiger partial charge in [0.05, 0.1) is 5.54 Å². The summed E-state index contributed by atoms with van der Waals surface area (Å²) in [7, 11) is 0. The summed E-state index contributed by atoms with van der Waals surface area (Å²) in [4.78, 5) is 12.2. The van der Waals surface area contributed by atoms with E-state index in [0.717, 1.165) is 5.56 Å². The van der Waals surface area contributed by atoms with Crippen molar-refractivity contribution in [2.75, 3.05) is 0 Å². The minimum absolute atomic E-state index is 0.146. The number of benzene rings is 1. The first-order valence-corrected chi connectivity index (χ1v) is 6.30. The summed E-state index contributed by atoms with van der Waals surface area (Å²) in [5, 5.41) is 0. The van der Waals surface area contributed by atoms with Gasteiger partial charge in [-0.25, -0.2) is 0 Å². The van der Waals surface area contributed by atoms with Gasteiger partial charge in [-0.2, -0.15) is 0 Å². The Kier molecular flexibility index (Phi) is 4.47. The van der Waals surface area contributed by atoms with E-state index in [1.165, 1.54) is 11.1 Å². The van der Waals surface area contributed by atoms with Crippen molar-refractivity contribution in [2.45, 2.75) is 52.5 Å². The molecule has 2 N–H and O–H groups in total. The minimum atomic E-state index is -0.655. The first-order chi connectivity index (χ1) is 7.91. The van der Waals surface area contributed by atoms with Gasteiger partial charge in [0.25, 0.3) is 0 Å². The van der Waals surface area contributed by atoms with Gasteiger partial charge in [-0.3, -0.25) is 4.79 Å². The van der Waals surface area contributed by atoms with E-state index in [-0.39, 0.29) is 5.78 Å². The zero-order chi connectivity index (χ0) is 13.1. The Hall–Kier alpha value is -1.15. The van der Waals surface area contributed by atoms with Crippen LogP contribution < -0.4 is 5.73 Å². The van der Waals surface area contributed by atoms with E-state index in [1.54, 1.807) is 0 Å². The molecule has 2 nitrogen and oxygen atoms in total. The van der Waals surface area contributed by atoms with Gasteiger partial charge in [0.1, 0.15) is 0 Å². The second-order valence-electron chi connectivity index (χ2n) is 4.96. The van der Waals surface area contributed by atoms with Crippen LogP contribution in [0.1, 0.15) is 43.4 Å². The molecule has 0 bridgehead atoms. The first kappa shape index (κ1) is 13.9. The summed E-state index contributed by atoms with van der Waals surface area (Å²) < 4.78 is 0. The van der Waals surface area contributed by atoms with Crippen molar-refractivity contribution in [3.63, 3.8) is 0 Å². The van der Waals surface area contributed by atoms with Crippen LogP contribution in [0.15, 0.2) is 18.2 Å². The molecular weight excluding hydrogens is 210 g/mol. The standard InChI is InChI=1S/C15H23NO/c1-5-15(16,6-2)14(17)10-13-8-11(3)7-12(4)9-13/h7-9H,5-6,10,16H2,1-4H3. The number of ketones is 1. The van der Waals surface area contributed by atoms with Crippen LogP contribution in [-0.2, 0) is 11.2 Å². The van der Waals surface area contributed by atoms with Crippen molar-refractivity contribution < 1.29 is 4.79 Å². The SMILES string of the molecule is CCC(N)(CC)C(=O)Cc1cc(C)cc(C)c1. The fourth-order valence-corrected chi connectivity index (χ4v) is 2.18. The highest BCUT2D eigenvalue weighted by Gasteiger charge is 2.29. The molecule has 0 atom stereocenters. The highest BCUT2D eigenvalue weighted by molar-refractivity contribution is 5.89. The highest BCUT2D eigenvalue weighted by Crippen LogP contribution is 2.17. The number of aryl methyl sites for hydroxylation is 2. The number of carbonyl (C=O) groups excluding carboxylic acids is 1. The molecule has 0 saturated heterocycles. The summed E-state index contributed by atoms with van der Waals surface area (Å²) in [5.41, 5.74) is 8.93. The van der Waals surface area contributed by atoms with Gasteiger partial charge >= 0.3 is 0 Å². The number of rotatable bonds is 5. The van der Waals surface area contributed by atoms with E-state index in [1.807, 2.05) is 13.8 Å². The molecule has 17 heavy (non-hydrogen) atoms. The lowest BCUT2D eigenvalue weighted by Gasteiger charge is -2.25. The second kappa shape index (κ2) is 5.46. The second-order valence-corrected chi connectivity index (χ2v) is 4.96. The average molecular weight is 233 g/mol. The number of hydrogen-bond acceptors (Lipinski definition) is 2. The highest BCUT2D eigenvalue weighted by atomic mass is 16.1. The van der Waals surface area contributed by atoms with Crippen LogP contribution >= 0.6 is 0 Å². The molecule has 0 unspecified atom stereocenters. The molecule has 1 aromatic carbocycles. The Morgan fingerprint density at radius 3 is 2.00 bits per heavy atom. The van der Waals surface area contributed by atoms with Gasteiger partial charge < -0.3 is 5.73 Å². The Labute approximate surface area is 104 Å². The minimum Gasteiger partial charge on any atom is -0.319 e. The molecule has 0 fully saturated rings. The molecule has 1 rings (SSSR count). The zero-order valence-electron chi connectivity index (χ0n) is 11.3. The van der Waals surface area contributed by atoms with E-state index in [9.17, 15) is 4.79 Å². The molecule has 0 aliphatic rings. The summed E-state index contributed by atoms with van der Waals surface area (Å²) >= 11 is 0. The molecule has 0 radical (unpaired) electrons. The van der Waals surface area contributed by atoms with Crippen LogP contribution in [0.3, 0.4) is 0 Å². The zero-order valence-corrected chi connectivity index (χ0v) is 11.3. The van der Waals surface area contributed by atoms with E-state index < -0.39 is 5.54 Å². The predicted molar refractivity (Wildman–Crippen MR) is 72.1 cm³/mol. The largest absolute Gasteiger partial charge is 0.319 e. The Bertz CT molecular complexity index is 385. The van der Waals surface area contributed by atoms with Crippen molar-refractivity contribution in [2.24, 2.45) is 5.73 Å². The Morgan fingerprint density at radius 2 is 1.59 bits per heavy atom. The molecule has 0 aliphatic heterocycles. The summed E-state index contributed by atoms with van der Waals surface area (Å²) in [6.07, 6.45) is 1.85. The molecule has 0 aromatic heterocycles. The number of carbonyl (C=O) groups is 1. The first-order valence-electron chi connectivity index (χ1n) is 6.30. The maximum absolute atomic E-state index is 12.2. The van der Waals surface area contributed by atoms with Crippen LogP contribution in [0.25, 0.3) is 0 Å². The topological polar surface area (TPSA) is 43.1 Å². The lowest BCUT2D eigenvalue weighted by Crippen LogP contribution is -2.47. The van der Waals surface area contributed by atoms with Gasteiger partial charge in [-0.15, -0.1) is 0 Å². The van der Waals surface area contributed by atoms with Gasteiger partial charge in [0.2, 0.25) is 0 Å². The molecule has 0 spiro atoms. The van der Waals surface area contributed by atoms with Crippen LogP contribution in [0.4, 0.5) is 0 Å². The lowest BCUT2D eigenvalue weighted by atomic mass is 9.85. The molecule has 0 heterocycles. The van der Waals surface area contributed by atoms with Crippen molar-refractivity contribution in [1.29, 1.82) is 0 Å². The van der Waals surface area contributed by atoms with Gasteiger partial charge in [-0.05, 0) is 32.3 Å². The number of Topliss-reactive ketones (excluding diaryl/α,β-unsaturated/α-hetero) is 1. The maximum Gasteiger partial charge on any atom is 0.156 e. The third kappa shape index (κ3) is 3.40. The third-order valence-corrected chi connectivity index (χ3v) is 3.46. The fraction of sp³-hybridized carbons (Fsp3) is 0.533. The van der Waals surface area contributed by atoms with E-state index in [4.69, 9.17) is 5.73 Å². The van der Waals surface area contributed by atoms with Crippen LogP contribution in [0, 0.1) is 13.8 Å². The fourth-order valence-electron chi connectivity index (χ4n) is 2.18. The van der Waals surface area contributed by atoms with Crippen molar-refractivity contribution in [1.82, 2.24) is 0 Å². The smallest absolute Gasteiger partial charge is 0.156 e. The maximum atomic E-state index is 12.2. The summed E-state index contributed by atoms with van der Waals surface area (Å²) in [6.45, 7) is 8.05. The molecule has 2 heteroatoms. The van der Waals surface area contributed by atoms with Gasteiger partial charge in [0, 0.05) is 6.42 Å². The molecule has 0 aliphatic carbocycles. The van der Waals surface area contributed by atoms with Crippen molar-refractivity contribution in [3.8, 4) is 0 Å². The predicted octanol–water partition coefficient (Wildman–Crippen LogP) is 2.93. The van der Waals surface area contributed by atoms with Crippen LogP contribution in [-0.4, -0.2) is 11.3 Å². The molecule has 0 saturated carbocycles.